The maximum Gasteiger partial charge on any atom is 0.359 e. The second-order valence-corrected chi connectivity index (χ2v) is 16.1. The predicted octanol–water partition coefficient (Wildman–Crippen LogP) is 7.17. The van der Waals surface area contributed by atoms with Crippen molar-refractivity contribution in [3.63, 3.8) is 0 Å². The van der Waals surface area contributed by atoms with Crippen molar-refractivity contribution in [2.24, 2.45) is 4.74 Å². The van der Waals surface area contributed by atoms with E-state index >= 15 is 0 Å². The highest BCUT2D eigenvalue weighted by Gasteiger charge is 2.40. The molecule has 0 spiro atoms. The first kappa shape index (κ1) is 14.4. The normalized spacial score (nSPS) is 14.8. The Morgan fingerprint density at radius 2 is 1.58 bits per heavy atom. The van der Waals surface area contributed by atoms with Crippen molar-refractivity contribution in [1.82, 2.24) is 0 Å². The summed E-state index contributed by atoms with van der Waals surface area (Å²) in [6.07, 6.45) is 0. The lowest BCUT2D eigenvalue weighted by molar-refractivity contribution is 1.60. The molecule has 0 aromatic rings. The van der Waals surface area contributed by atoms with Crippen LogP contribution in [0.1, 0.15) is 0 Å². The highest BCUT2D eigenvalue weighted by Crippen LogP contribution is 2.82. The molecule has 0 N–H and O–H groups in total. The maximum absolute atomic E-state index is 5.54. The van der Waals surface area contributed by atoms with Crippen molar-refractivity contribution in [3.05, 3.63) is 11.0 Å². The third kappa shape index (κ3) is 6.82. The predicted molar refractivity (Wildman–Crippen MR) is 65.3 cm³/mol. The van der Waals surface area contributed by atoms with E-state index in [-0.39, 0.29) is 5.44 Å². The number of halogens is 7. The van der Waals surface area contributed by atoms with Crippen molar-refractivity contribution < 1.29 is 0 Å². The summed E-state index contributed by atoms with van der Waals surface area (Å²) < 4.78 is 3.59. The topological polar surface area (TPSA) is 12.4 Å². The minimum absolute atomic E-state index is 0.0162. The molecule has 0 fully saturated rings. The van der Waals surface area contributed by atoms with Gasteiger partial charge in [0.2, 0.25) is 10.6 Å². The fourth-order valence-electron chi connectivity index (χ4n) is 0.244. The molecule has 0 saturated carbocycles. The van der Waals surface area contributed by atoms with Gasteiger partial charge in [0.1, 0.15) is 33.7 Å². The molecular formula is C2HCl7NP2+. The summed E-state index contributed by atoms with van der Waals surface area (Å²) >= 11 is 38.2. The molecule has 12 heavy (non-hydrogen) atoms. The summed E-state index contributed by atoms with van der Waals surface area (Å²) in [5.41, 5.74) is 1.02. The Bertz CT molecular complexity index is 226. The summed E-state index contributed by atoms with van der Waals surface area (Å²) in [5, 5.41) is -5.79. The smallest absolute Gasteiger partial charge is 0.183 e. The maximum atomic E-state index is 5.54. The van der Waals surface area contributed by atoms with Gasteiger partial charge in [-0.15, -0.1) is 0 Å². The summed E-state index contributed by atoms with van der Waals surface area (Å²) in [7, 11) is 0. The zero-order valence-corrected chi connectivity index (χ0v) is 12.1. The van der Waals surface area contributed by atoms with E-state index in [2.05, 4.69) is 4.74 Å². The van der Waals surface area contributed by atoms with Gasteiger partial charge in [-0.2, -0.15) is 4.74 Å². The van der Waals surface area contributed by atoms with Crippen molar-refractivity contribution in [3.8, 4) is 0 Å². The van der Waals surface area contributed by atoms with Crippen molar-refractivity contribution in [2.45, 2.75) is 0 Å². The van der Waals surface area contributed by atoms with Gasteiger partial charge >= 0.3 is 5.32 Å². The highest BCUT2D eigenvalue weighted by atomic mass is 36.1. The lowest BCUT2D eigenvalue weighted by Crippen LogP contribution is -1.67. The van der Waals surface area contributed by atoms with Gasteiger partial charge in [0, 0.05) is 0 Å². The fraction of sp³-hybridized carbons (Fsp3) is 0. The van der Waals surface area contributed by atoms with Crippen LogP contribution in [-0.2, 0) is 0 Å². The van der Waals surface area contributed by atoms with Crippen LogP contribution >= 0.6 is 89.5 Å². The van der Waals surface area contributed by atoms with Gasteiger partial charge in [-0.25, -0.2) is 0 Å². The standard InChI is InChI=1S/C2HCl7NP2/c3-1-2(11(4,5)6)10-12(7,8)9/h1H/q+1. The third-order valence-corrected chi connectivity index (χ3v) is 4.52. The molecule has 72 valence electrons. The van der Waals surface area contributed by atoms with Gasteiger partial charge < -0.3 is 0 Å². The number of hydrogen-bond donors (Lipinski definition) is 0. The van der Waals surface area contributed by atoms with Crippen LogP contribution in [0.15, 0.2) is 15.7 Å². The number of nitrogens with zero attached hydrogens (tertiary/aromatic N) is 1. The van der Waals surface area contributed by atoms with Crippen molar-refractivity contribution in [1.29, 1.82) is 0 Å². The zero-order chi connectivity index (χ0) is 9.99. The lowest BCUT2D eigenvalue weighted by atomic mass is 11.1. The van der Waals surface area contributed by atoms with Crippen LogP contribution < -0.4 is 0 Å². The van der Waals surface area contributed by atoms with E-state index < -0.39 is 10.4 Å². The summed E-state index contributed by atoms with van der Waals surface area (Å²) in [6, 6.07) is 0. The van der Waals surface area contributed by atoms with E-state index in [1.807, 2.05) is 0 Å². The van der Waals surface area contributed by atoms with Crippen LogP contribution in [0.3, 0.4) is 0 Å². The Labute approximate surface area is 104 Å². The highest BCUT2D eigenvalue weighted by molar-refractivity contribution is 8.35. The molecule has 0 aromatic carbocycles. The fourth-order valence-corrected chi connectivity index (χ4v) is 5.02. The average Bonchev–Trinajstić information content (AvgIpc) is 1.78. The Morgan fingerprint density at radius 3 is 1.67 bits per heavy atom. The molecule has 0 heterocycles. The minimum atomic E-state index is -2.92. The second-order valence-electron chi connectivity index (χ2n) is 1.43. The van der Waals surface area contributed by atoms with Gasteiger partial charge in [-0.05, 0) is 33.7 Å². The van der Waals surface area contributed by atoms with Crippen molar-refractivity contribution >= 4 is 89.5 Å². The summed E-state index contributed by atoms with van der Waals surface area (Å²) in [6.45, 7) is 0. The van der Waals surface area contributed by atoms with E-state index in [1.54, 1.807) is 0 Å². The molecule has 0 bridgehead atoms. The van der Waals surface area contributed by atoms with E-state index in [1.165, 1.54) is 0 Å². The lowest BCUT2D eigenvalue weighted by Gasteiger charge is -2.00. The quantitative estimate of drug-likeness (QED) is 0.469. The monoisotopic (exact) mass is 346 g/mol. The van der Waals surface area contributed by atoms with Crippen LogP contribution in [-0.4, -0.2) is 0 Å². The first-order chi connectivity index (χ1) is 5.17. The molecule has 0 atom stereocenters. The van der Waals surface area contributed by atoms with Gasteiger partial charge in [0.15, 0.2) is 0 Å². The van der Waals surface area contributed by atoms with Crippen LogP contribution in [0.4, 0.5) is 0 Å². The van der Waals surface area contributed by atoms with Gasteiger partial charge in [0.25, 0.3) is 0 Å². The molecular weight excluding hydrogens is 348 g/mol. The first-order valence-electron chi connectivity index (χ1n) is 2.17. The van der Waals surface area contributed by atoms with E-state index in [0.717, 1.165) is 5.54 Å². The second kappa shape index (κ2) is 5.50. The van der Waals surface area contributed by atoms with Gasteiger partial charge in [-0.1, -0.05) is 11.6 Å². The van der Waals surface area contributed by atoms with E-state index in [0.29, 0.717) is 0 Å². The Kier molecular flexibility index (Phi) is 6.61. The number of hydrogen-bond acceptors (Lipinski definition) is 1. The van der Waals surface area contributed by atoms with E-state index in [9.17, 15) is 0 Å². The molecule has 0 aliphatic carbocycles. The summed E-state index contributed by atoms with van der Waals surface area (Å²) in [4.78, 5) is 0. The largest absolute Gasteiger partial charge is 0.359 e. The molecule has 10 heteroatoms. The van der Waals surface area contributed by atoms with Crippen molar-refractivity contribution in [2.75, 3.05) is 0 Å². The first-order valence-corrected chi connectivity index (χ1v) is 11.6. The average molecular weight is 349 g/mol. The van der Waals surface area contributed by atoms with Crippen LogP contribution in [0.25, 0.3) is 0 Å². The molecule has 0 radical (unpaired) electrons. The van der Waals surface area contributed by atoms with Crippen LogP contribution in [0.5, 0.6) is 0 Å². The third-order valence-electron chi connectivity index (χ3n) is 0.573. The molecule has 0 saturated heterocycles. The number of rotatable bonds is 2. The van der Waals surface area contributed by atoms with E-state index in [4.69, 9.17) is 79.0 Å². The molecule has 0 aliphatic heterocycles. The van der Waals surface area contributed by atoms with Crippen LogP contribution in [0.2, 0.25) is 0 Å². The summed E-state index contributed by atoms with van der Waals surface area (Å²) in [5.74, 6) is 0. The van der Waals surface area contributed by atoms with Crippen LogP contribution in [0, 0.1) is 0 Å². The molecule has 0 amide bonds. The molecule has 0 aromatic heterocycles. The molecule has 1 nitrogen and oxygen atoms in total. The Hall–Kier alpha value is 2.43. The van der Waals surface area contributed by atoms with Gasteiger partial charge in [0.05, 0.1) is 5.54 Å². The molecule has 0 aliphatic rings. The Balaban J connectivity index is 4.90. The molecule has 0 rings (SSSR count). The Morgan fingerprint density at radius 1 is 1.17 bits per heavy atom. The molecule has 0 unspecified atom stereocenters. The minimum Gasteiger partial charge on any atom is -0.183 e. The zero-order valence-electron chi connectivity index (χ0n) is 5.06. The van der Waals surface area contributed by atoms with Gasteiger partial charge in [-0.3, -0.25) is 0 Å². The SMILES string of the molecule is ClC=C(N=P(Cl)(Cl)Cl)[P+](Cl)(Cl)Cl.